The maximum absolute atomic E-state index is 11.3. The molecule has 3 atom stereocenters. The number of rotatable bonds is 11. The third kappa shape index (κ3) is 6.28. The van der Waals surface area contributed by atoms with Gasteiger partial charge in [-0.05, 0) is 49.9 Å². The average molecular weight is 403 g/mol. The minimum atomic E-state index is -0.987. The number of aliphatic hydroxyl groups is 1. The smallest absolute Gasteiger partial charge is 0.335 e. The molecule has 2 rings (SSSR count). The topological polar surface area (TPSA) is 66.8 Å². The first-order valence-electron chi connectivity index (χ1n) is 9.75. The van der Waals surface area contributed by atoms with Gasteiger partial charge in [-0.15, -0.1) is 0 Å². The van der Waals surface area contributed by atoms with Gasteiger partial charge in [-0.3, -0.25) is 0 Å². The predicted octanol–water partition coefficient (Wildman–Crippen LogP) is 5.16. The van der Waals surface area contributed by atoms with Crippen LogP contribution in [0.15, 0.2) is 48.5 Å². The number of aromatic carboxylic acids is 1. The Morgan fingerprint density at radius 1 is 1.11 bits per heavy atom. The van der Waals surface area contributed by atoms with Crippen LogP contribution < -0.4 is 4.74 Å². The largest absolute Gasteiger partial charge is 0.496 e. The molecule has 0 fully saturated rings. The highest BCUT2D eigenvalue weighted by atomic mass is 32.1. The molecule has 0 aliphatic rings. The number of carbonyl (C=O) groups is 1. The van der Waals surface area contributed by atoms with Crippen molar-refractivity contribution in [2.45, 2.75) is 50.4 Å². The Hall–Kier alpha value is -1.98. The Balaban J connectivity index is 1.98. The van der Waals surface area contributed by atoms with E-state index < -0.39 is 12.1 Å². The maximum atomic E-state index is 11.3. The van der Waals surface area contributed by atoms with Crippen LogP contribution in [0.1, 0.15) is 59.3 Å². The molecule has 0 aliphatic carbocycles. The third-order valence-electron chi connectivity index (χ3n) is 5.17. The van der Waals surface area contributed by atoms with Crippen molar-refractivity contribution in [1.82, 2.24) is 0 Å². The number of hydrogen-bond acceptors (Lipinski definition) is 4. The van der Waals surface area contributed by atoms with Crippen LogP contribution in [-0.2, 0) is 6.42 Å². The van der Waals surface area contributed by atoms with E-state index in [0.29, 0.717) is 11.3 Å². The molecule has 0 saturated carbocycles. The van der Waals surface area contributed by atoms with Crippen LogP contribution in [-0.4, -0.2) is 29.4 Å². The van der Waals surface area contributed by atoms with Crippen LogP contribution in [0.2, 0.25) is 0 Å². The first-order chi connectivity index (χ1) is 13.4. The summed E-state index contributed by atoms with van der Waals surface area (Å²) in [6.07, 6.45) is 4.49. The molecule has 0 aliphatic heterocycles. The summed E-state index contributed by atoms with van der Waals surface area (Å²) in [6.45, 7) is 1.77. The van der Waals surface area contributed by atoms with Crippen molar-refractivity contribution in [1.29, 1.82) is 0 Å². The van der Waals surface area contributed by atoms with Gasteiger partial charge in [-0.1, -0.05) is 43.2 Å². The fraction of sp³-hybridized carbons (Fsp3) is 0.435. The summed E-state index contributed by atoms with van der Waals surface area (Å²) in [5.41, 5.74) is 2.25. The van der Waals surface area contributed by atoms with Crippen LogP contribution in [0.25, 0.3) is 0 Å². The lowest BCUT2D eigenvalue weighted by molar-refractivity contribution is 0.0696. The second-order valence-electron chi connectivity index (χ2n) is 7.20. The third-order valence-corrected chi connectivity index (χ3v) is 5.83. The highest BCUT2D eigenvalue weighted by molar-refractivity contribution is 7.80. The van der Waals surface area contributed by atoms with Gasteiger partial charge in [0.25, 0.3) is 0 Å². The number of carboxylic acids is 1. The molecule has 2 aromatic rings. The minimum absolute atomic E-state index is 0.0852. The number of aliphatic hydroxyl groups excluding tert-OH is 1. The molecule has 2 aromatic carbocycles. The van der Waals surface area contributed by atoms with E-state index >= 15 is 0 Å². The fourth-order valence-electron chi connectivity index (χ4n) is 3.52. The molecular weight excluding hydrogens is 372 g/mol. The second-order valence-corrected chi connectivity index (χ2v) is 7.75. The summed E-state index contributed by atoms with van der Waals surface area (Å²) in [5.74, 6) is -0.475. The van der Waals surface area contributed by atoms with E-state index in [9.17, 15) is 15.0 Å². The zero-order valence-corrected chi connectivity index (χ0v) is 17.4. The van der Waals surface area contributed by atoms with Crippen LogP contribution in [0, 0.1) is 5.92 Å². The number of thiol groups is 1. The summed E-state index contributed by atoms with van der Waals surface area (Å²) in [7, 11) is 1.56. The molecule has 0 saturated heterocycles. The number of carboxylic acid groups (broad SMARTS) is 1. The van der Waals surface area contributed by atoms with Crippen LogP contribution in [0.4, 0.5) is 0 Å². The monoisotopic (exact) mass is 402 g/mol. The van der Waals surface area contributed by atoms with Gasteiger partial charge < -0.3 is 14.9 Å². The Labute approximate surface area is 173 Å². The van der Waals surface area contributed by atoms with E-state index in [0.717, 1.165) is 32.1 Å². The van der Waals surface area contributed by atoms with Crippen molar-refractivity contribution in [3.8, 4) is 5.75 Å². The van der Waals surface area contributed by atoms with Crippen molar-refractivity contribution in [2.75, 3.05) is 7.11 Å². The first-order valence-corrected chi connectivity index (χ1v) is 10.3. The summed E-state index contributed by atoms with van der Waals surface area (Å²) >= 11 is 4.74. The van der Waals surface area contributed by atoms with E-state index in [2.05, 4.69) is 24.3 Å². The van der Waals surface area contributed by atoms with Gasteiger partial charge in [0.2, 0.25) is 0 Å². The molecule has 0 radical (unpaired) electrons. The maximum Gasteiger partial charge on any atom is 0.335 e. The van der Waals surface area contributed by atoms with Gasteiger partial charge in [0, 0.05) is 16.7 Å². The summed E-state index contributed by atoms with van der Waals surface area (Å²) in [4.78, 5) is 11.3. The number of methoxy groups -OCH3 is 1. The molecule has 0 spiro atoms. The standard InChI is InChI=1S/C23H30O4S/c1-16(24)19(12-8-4-7-11-17-9-5-3-6-10-17)22(28)20-15-18(23(25)26)13-14-21(20)27-2/h3,5-6,9-10,13-16,19,22,24,28H,4,7-8,11-12H2,1-2H3,(H,25,26). The van der Waals surface area contributed by atoms with Crippen molar-refractivity contribution < 1.29 is 19.7 Å². The van der Waals surface area contributed by atoms with Gasteiger partial charge >= 0.3 is 5.97 Å². The normalized spacial score (nSPS) is 14.3. The minimum Gasteiger partial charge on any atom is -0.496 e. The van der Waals surface area contributed by atoms with Crippen LogP contribution in [0.3, 0.4) is 0 Å². The number of hydrogen-bond donors (Lipinski definition) is 3. The van der Waals surface area contributed by atoms with E-state index in [1.807, 2.05) is 6.07 Å². The number of benzene rings is 2. The Bertz CT molecular complexity index is 746. The summed E-state index contributed by atoms with van der Waals surface area (Å²) < 4.78 is 5.40. The van der Waals surface area contributed by atoms with Crippen LogP contribution >= 0.6 is 12.6 Å². The number of aryl methyl sites for hydroxylation is 1. The second kappa shape index (κ2) is 11.1. The van der Waals surface area contributed by atoms with E-state index in [1.165, 1.54) is 11.6 Å². The summed E-state index contributed by atoms with van der Waals surface area (Å²) in [6, 6.07) is 15.2. The van der Waals surface area contributed by atoms with Gasteiger partial charge in [0.15, 0.2) is 0 Å². The van der Waals surface area contributed by atoms with Crippen molar-refractivity contribution in [3.05, 3.63) is 65.2 Å². The molecule has 0 amide bonds. The Morgan fingerprint density at radius 3 is 2.43 bits per heavy atom. The Kier molecular flexibility index (Phi) is 8.87. The highest BCUT2D eigenvalue weighted by Gasteiger charge is 2.27. The van der Waals surface area contributed by atoms with Crippen molar-refractivity contribution >= 4 is 18.6 Å². The van der Waals surface area contributed by atoms with Gasteiger partial charge in [0.1, 0.15) is 5.75 Å². The SMILES string of the molecule is COc1ccc(C(=O)O)cc1C(S)C(CCCCCc1ccccc1)C(C)O. The predicted molar refractivity (Wildman–Crippen MR) is 115 cm³/mol. The van der Waals surface area contributed by atoms with Crippen molar-refractivity contribution in [2.24, 2.45) is 5.92 Å². The van der Waals surface area contributed by atoms with Gasteiger partial charge in [0.05, 0.1) is 18.8 Å². The van der Waals surface area contributed by atoms with E-state index in [4.69, 9.17) is 17.4 Å². The highest BCUT2D eigenvalue weighted by Crippen LogP contribution is 2.39. The van der Waals surface area contributed by atoms with Crippen LogP contribution in [0.5, 0.6) is 5.75 Å². The zero-order valence-electron chi connectivity index (χ0n) is 16.5. The fourth-order valence-corrected chi connectivity index (χ4v) is 4.12. The molecule has 28 heavy (non-hydrogen) atoms. The lowest BCUT2D eigenvalue weighted by Gasteiger charge is -2.27. The lowest BCUT2D eigenvalue weighted by atomic mass is 9.88. The molecule has 3 unspecified atom stereocenters. The quantitative estimate of drug-likeness (QED) is 0.359. The van der Waals surface area contributed by atoms with Gasteiger partial charge in [-0.25, -0.2) is 4.79 Å². The zero-order chi connectivity index (χ0) is 20.5. The molecular formula is C23H30O4S. The molecule has 152 valence electrons. The molecule has 0 heterocycles. The number of unbranched alkanes of at least 4 members (excludes halogenated alkanes) is 2. The molecule has 5 heteroatoms. The first kappa shape index (κ1) is 22.3. The van der Waals surface area contributed by atoms with E-state index in [-0.39, 0.29) is 16.7 Å². The summed E-state index contributed by atoms with van der Waals surface area (Å²) in [5, 5.41) is 19.3. The van der Waals surface area contributed by atoms with Gasteiger partial charge in [-0.2, -0.15) is 12.6 Å². The lowest BCUT2D eigenvalue weighted by Crippen LogP contribution is -2.22. The van der Waals surface area contributed by atoms with E-state index in [1.54, 1.807) is 26.2 Å². The molecule has 2 N–H and O–H groups in total. The number of ether oxygens (including phenoxy) is 1. The average Bonchev–Trinajstić information content (AvgIpc) is 2.70. The molecule has 4 nitrogen and oxygen atoms in total. The van der Waals surface area contributed by atoms with Crippen molar-refractivity contribution in [3.63, 3.8) is 0 Å². The molecule has 0 aromatic heterocycles. The molecule has 0 bridgehead atoms. The Morgan fingerprint density at radius 2 is 1.82 bits per heavy atom.